The van der Waals surface area contributed by atoms with E-state index in [1.54, 1.807) is 7.11 Å². The number of hydrogen-bond donors (Lipinski definition) is 2. The molecule has 0 unspecified atom stereocenters. The Hall–Kier alpha value is -1.79. The van der Waals surface area contributed by atoms with Crippen molar-refractivity contribution < 1.29 is 14.2 Å². The minimum Gasteiger partial charge on any atom is -0.496 e. The number of aliphatic imine (C=N–C) groups is 1. The Kier molecular flexibility index (Phi) is 10.8. The smallest absolute Gasteiger partial charge is 0.191 e. The van der Waals surface area contributed by atoms with Crippen LogP contribution in [0.3, 0.4) is 0 Å². The molecule has 1 fully saturated rings. The first kappa shape index (κ1) is 22.5. The van der Waals surface area contributed by atoms with Gasteiger partial charge in [0.05, 0.1) is 7.11 Å². The van der Waals surface area contributed by atoms with Crippen molar-refractivity contribution in [1.82, 2.24) is 10.6 Å². The van der Waals surface area contributed by atoms with Gasteiger partial charge in [0.2, 0.25) is 0 Å². The van der Waals surface area contributed by atoms with Crippen LogP contribution in [0.25, 0.3) is 0 Å². The second-order valence-corrected chi connectivity index (χ2v) is 7.24. The molecule has 6 heteroatoms. The molecule has 6 nitrogen and oxygen atoms in total. The van der Waals surface area contributed by atoms with Gasteiger partial charge >= 0.3 is 0 Å². The molecule has 0 atom stereocenters. The van der Waals surface area contributed by atoms with Crippen LogP contribution < -0.4 is 15.4 Å². The van der Waals surface area contributed by atoms with Gasteiger partial charge in [-0.25, -0.2) is 0 Å². The van der Waals surface area contributed by atoms with Gasteiger partial charge in [-0.3, -0.25) is 4.99 Å². The van der Waals surface area contributed by atoms with Crippen LogP contribution in [0.15, 0.2) is 23.2 Å². The summed E-state index contributed by atoms with van der Waals surface area (Å²) in [7, 11) is 1.72. The molecule has 1 heterocycles. The minimum absolute atomic E-state index is 0.662. The lowest BCUT2D eigenvalue weighted by atomic mass is 10.0. The van der Waals surface area contributed by atoms with Crippen molar-refractivity contribution in [3.8, 4) is 5.75 Å². The predicted molar refractivity (Wildman–Crippen MR) is 114 cm³/mol. The summed E-state index contributed by atoms with van der Waals surface area (Å²) in [5.74, 6) is 2.46. The molecule has 1 aromatic rings. The van der Waals surface area contributed by atoms with Crippen molar-refractivity contribution >= 4 is 5.96 Å². The number of guanidine groups is 1. The molecule has 1 aliphatic heterocycles. The summed E-state index contributed by atoms with van der Waals surface area (Å²) in [4.78, 5) is 4.65. The Balaban J connectivity index is 1.66. The molecular formula is C22H37N3O3. The fraction of sp³-hybridized carbons (Fsp3) is 0.682. The molecule has 28 heavy (non-hydrogen) atoms. The van der Waals surface area contributed by atoms with Crippen molar-refractivity contribution in [2.24, 2.45) is 10.9 Å². The summed E-state index contributed by atoms with van der Waals surface area (Å²) in [6, 6.07) is 6.29. The maximum absolute atomic E-state index is 5.81. The molecule has 0 spiro atoms. The highest BCUT2D eigenvalue weighted by Crippen LogP contribution is 2.19. The third-order valence-corrected chi connectivity index (χ3v) is 4.88. The Labute approximate surface area is 170 Å². The van der Waals surface area contributed by atoms with Crippen molar-refractivity contribution in [3.63, 3.8) is 0 Å². The molecular weight excluding hydrogens is 354 g/mol. The normalized spacial score (nSPS) is 15.5. The van der Waals surface area contributed by atoms with Gasteiger partial charge < -0.3 is 24.8 Å². The predicted octanol–water partition coefficient (Wildman–Crippen LogP) is 2.93. The molecule has 0 aliphatic carbocycles. The van der Waals surface area contributed by atoms with Crippen LogP contribution in [0.4, 0.5) is 0 Å². The molecule has 1 saturated heterocycles. The fourth-order valence-corrected chi connectivity index (χ4v) is 3.28. The lowest BCUT2D eigenvalue weighted by Gasteiger charge is -2.21. The first-order valence-corrected chi connectivity index (χ1v) is 10.5. The summed E-state index contributed by atoms with van der Waals surface area (Å²) in [5, 5.41) is 6.72. The third-order valence-electron chi connectivity index (χ3n) is 4.88. The Morgan fingerprint density at radius 3 is 2.82 bits per heavy atom. The topological polar surface area (TPSA) is 64.1 Å². The van der Waals surface area contributed by atoms with Gasteiger partial charge in [-0.1, -0.05) is 17.7 Å². The van der Waals surface area contributed by atoms with Gasteiger partial charge in [-0.15, -0.1) is 0 Å². The van der Waals surface area contributed by atoms with Crippen molar-refractivity contribution in [1.29, 1.82) is 0 Å². The van der Waals surface area contributed by atoms with Crippen molar-refractivity contribution in [2.75, 3.05) is 53.2 Å². The zero-order valence-corrected chi connectivity index (χ0v) is 17.8. The zero-order valence-electron chi connectivity index (χ0n) is 17.8. The largest absolute Gasteiger partial charge is 0.496 e. The highest BCUT2D eigenvalue weighted by atomic mass is 16.5. The van der Waals surface area contributed by atoms with Crippen molar-refractivity contribution in [2.45, 2.75) is 39.5 Å². The molecule has 0 aromatic heterocycles. The SMILES string of the molecule is CCNC(=NCCCOCC1CCOCC1)NCCc1cc(C)ccc1OC. The molecule has 0 radical (unpaired) electrons. The van der Waals surface area contributed by atoms with Gasteiger partial charge in [-0.05, 0) is 57.1 Å². The third kappa shape index (κ3) is 8.48. The van der Waals surface area contributed by atoms with E-state index in [1.165, 1.54) is 11.1 Å². The van der Waals surface area contributed by atoms with E-state index in [9.17, 15) is 0 Å². The van der Waals surface area contributed by atoms with E-state index in [0.717, 1.165) is 83.5 Å². The van der Waals surface area contributed by atoms with E-state index in [1.807, 2.05) is 6.07 Å². The quantitative estimate of drug-likeness (QED) is 0.345. The minimum atomic E-state index is 0.662. The number of ether oxygens (including phenoxy) is 3. The molecule has 1 aliphatic rings. The lowest BCUT2D eigenvalue weighted by Crippen LogP contribution is -2.38. The van der Waals surface area contributed by atoms with E-state index in [4.69, 9.17) is 14.2 Å². The van der Waals surface area contributed by atoms with Crippen LogP contribution in [0.5, 0.6) is 5.75 Å². The van der Waals surface area contributed by atoms with Gasteiger partial charge in [0.1, 0.15) is 5.75 Å². The highest BCUT2D eigenvalue weighted by Gasteiger charge is 2.13. The van der Waals surface area contributed by atoms with Crippen LogP contribution in [0.2, 0.25) is 0 Å². The number of methoxy groups -OCH3 is 1. The molecule has 158 valence electrons. The Morgan fingerprint density at radius 2 is 2.07 bits per heavy atom. The van der Waals surface area contributed by atoms with E-state index >= 15 is 0 Å². The van der Waals surface area contributed by atoms with Gasteiger partial charge in [0, 0.05) is 46.1 Å². The van der Waals surface area contributed by atoms with E-state index < -0.39 is 0 Å². The first-order chi connectivity index (χ1) is 13.7. The molecule has 0 saturated carbocycles. The number of hydrogen-bond acceptors (Lipinski definition) is 4. The Morgan fingerprint density at radius 1 is 1.25 bits per heavy atom. The molecule has 1 aromatic carbocycles. The van der Waals surface area contributed by atoms with Crippen LogP contribution in [-0.4, -0.2) is 59.1 Å². The summed E-state index contributed by atoms with van der Waals surface area (Å²) in [6.45, 7) is 9.98. The summed E-state index contributed by atoms with van der Waals surface area (Å²) < 4.78 is 16.6. The number of nitrogens with zero attached hydrogens (tertiary/aromatic N) is 1. The van der Waals surface area contributed by atoms with Crippen LogP contribution >= 0.6 is 0 Å². The summed E-state index contributed by atoms with van der Waals surface area (Å²) in [5.41, 5.74) is 2.46. The molecule has 0 amide bonds. The van der Waals surface area contributed by atoms with Gasteiger partial charge in [0.15, 0.2) is 5.96 Å². The monoisotopic (exact) mass is 391 g/mol. The number of rotatable bonds is 11. The number of aryl methyl sites for hydroxylation is 1. The molecule has 2 N–H and O–H groups in total. The summed E-state index contributed by atoms with van der Waals surface area (Å²) in [6.07, 6.45) is 4.08. The average Bonchev–Trinajstić information content (AvgIpc) is 2.71. The highest BCUT2D eigenvalue weighted by molar-refractivity contribution is 5.79. The van der Waals surface area contributed by atoms with Crippen LogP contribution in [0, 0.1) is 12.8 Å². The second-order valence-electron chi connectivity index (χ2n) is 7.24. The lowest BCUT2D eigenvalue weighted by molar-refractivity contribution is 0.0205. The maximum Gasteiger partial charge on any atom is 0.191 e. The maximum atomic E-state index is 5.81. The number of benzene rings is 1. The van der Waals surface area contributed by atoms with E-state index in [-0.39, 0.29) is 0 Å². The van der Waals surface area contributed by atoms with Crippen LogP contribution in [0.1, 0.15) is 37.3 Å². The molecule has 2 rings (SSSR count). The molecule has 0 bridgehead atoms. The summed E-state index contributed by atoms with van der Waals surface area (Å²) >= 11 is 0. The average molecular weight is 392 g/mol. The number of nitrogens with one attached hydrogen (secondary N) is 2. The van der Waals surface area contributed by atoms with Gasteiger partial charge in [0.25, 0.3) is 0 Å². The zero-order chi connectivity index (χ0) is 20.0. The van der Waals surface area contributed by atoms with Gasteiger partial charge in [-0.2, -0.15) is 0 Å². The first-order valence-electron chi connectivity index (χ1n) is 10.5. The van der Waals surface area contributed by atoms with Crippen molar-refractivity contribution in [3.05, 3.63) is 29.3 Å². The Bertz CT molecular complexity index is 586. The fourth-order valence-electron chi connectivity index (χ4n) is 3.28. The van der Waals surface area contributed by atoms with E-state index in [0.29, 0.717) is 5.92 Å². The van der Waals surface area contributed by atoms with E-state index in [2.05, 4.69) is 41.6 Å². The van der Waals surface area contributed by atoms with Crippen LogP contribution in [-0.2, 0) is 15.9 Å². The second kappa shape index (κ2) is 13.4. The standard InChI is InChI=1S/C22H37N3O3/c1-4-23-22(24-11-5-13-28-17-19-9-14-27-15-10-19)25-12-8-20-16-18(2)6-7-21(20)26-3/h6-7,16,19H,4-5,8-15,17H2,1-3H3,(H2,23,24,25).